The molecule has 2 unspecified atom stereocenters. The molecule has 0 aromatic rings. The molecular weight excluding hydrogens is 200 g/mol. The third-order valence-electron chi connectivity index (χ3n) is 1.79. The van der Waals surface area contributed by atoms with Gasteiger partial charge in [0.2, 0.25) is 0 Å². The second kappa shape index (κ2) is 7.23. The maximum absolute atomic E-state index is 11.1. The molecule has 0 aromatic carbocycles. The van der Waals surface area contributed by atoms with Crippen LogP contribution in [0.3, 0.4) is 0 Å². The van der Waals surface area contributed by atoms with E-state index in [9.17, 15) is 14.7 Å². The summed E-state index contributed by atoms with van der Waals surface area (Å²) >= 11 is 0. The fourth-order valence-electron chi connectivity index (χ4n) is 0.821. The molecule has 0 saturated heterocycles. The number of hydrogen-bond donors (Lipinski definition) is 1. The Morgan fingerprint density at radius 2 is 2.00 bits per heavy atom. The van der Waals surface area contributed by atoms with Gasteiger partial charge in [-0.25, -0.2) is 0 Å². The number of rotatable bonds is 6. The Morgan fingerprint density at radius 1 is 1.40 bits per heavy atom. The molecule has 0 heterocycles. The second-order valence-electron chi connectivity index (χ2n) is 3.37. The zero-order valence-corrected chi connectivity index (χ0v) is 9.36. The summed E-state index contributed by atoms with van der Waals surface area (Å²) in [7, 11) is 0. The minimum Gasteiger partial charge on any atom is -0.463 e. The average Bonchev–Trinajstić information content (AvgIpc) is 2.14. The third kappa shape index (κ3) is 7.93. The number of carbonyl (C=O) groups is 2. The standard InChI is InChI=1S/C10H18O5/c1-4-7(2)15-10(13)5-9(12)6-14-8(3)11/h7,9,12H,4-6H2,1-3H3. The lowest BCUT2D eigenvalue weighted by atomic mass is 10.2. The predicted octanol–water partition coefficient (Wildman–Crippen LogP) is 0.642. The van der Waals surface area contributed by atoms with Crippen molar-refractivity contribution in [2.75, 3.05) is 6.61 Å². The second-order valence-corrected chi connectivity index (χ2v) is 3.37. The summed E-state index contributed by atoms with van der Waals surface area (Å²) in [5.41, 5.74) is 0. The van der Waals surface area contributed by atoms with Gasteiger partial charge in [0.25, 0.3) is 0 Å². The van der Waals surface area contributed by atoms with Crippen molar-refractivity contribution >= 4 is 11.9 Å². The molecular formula is C10H18O5. The first-order valence-corrected chi connectivity index (χ1v) is 4.96. The smallest absolute Gasteiger partial charge is 0.308 e. The number of esters is 2. The van der Waals surface area contributed by atoms with Crippen molar-refractivity contribution in [1.82, 2.24) is 0 Å². The number of aliphatic hydroxyl groups excluding tert-OH is 1. The minimum absolute atomic E-state index is 0.154. The van der Waals surface area contributed by atoms with Crippen LogP contribution in [0.5, 0.6) is 0 Å². The number of carbonyl (C=O) groups excluding carboxylic acids is 2. The maximum atomic E-state index is 11.1. The Labute approximate surface area is 89.4 Å². The molecule has 0 spiro atoms. The van der Waals surface area contributed by atoms with E-state index in [4.69, 9.17) is 4.74 Å². The van der Waals surface area contributed by atoms with Crippen LogP contribution in [0.1, 0.15) is 33.6 Å². The van der Waals surface area contributed by atoms with Gasteiger partial charge >= 0.3 is 11.9 Å². The highest BCUT2D eigenvalue weighted by Crippen LogP contribution is 2.01. The molecule has 0 amide bonds. The molecule has 5 heteroatoms. The Bertz CT molecular complexity index is 214. The topological polar surface area (TPSA) is 72.8 Å². The monoisotopic (exact) mass is 218 g/mol. The Hall–Kier alpha value is -1.10. The Morgan fingerprint density at radius 3 is 2.47 bits per heavy atom. The van der Waals surface area contributed by atoms with Gasteiger partial charge in [0, 0.05) is 6.92 Å². The highest BCUT2D eigenvalue weighted by atomic mass is 16.6. The van der Waals surface area contributed by atoms with Crippen molar-refractivity contribution in [2.45, 2.75) is 45.8 Å². The van der Waals surface area contributed by atoms with E-state index in [0.717, 1.165) is 6.42 Å². The normalized spacial score (nSPS) is 14.1. The molecule has 1 N–H and O–H groups in total. The largest absolute Gasteiger partial charge is 0.463 e. The number of ether oxygens (including phenoxy) is 2. The van der Waals surface area contributed by atoms with Crippen LogP contribution >= 0.6 is 0 Å². The van der Waals surface area contributed by atoms with Crippen molar-refractivity contribution < 1.29 is 24.2 Å². The molecule has 0 fully saturated rings. The van der Waals surface area contributed by atoms with Gasteiger partial charge in [0.05, 0.1) is 18.6 Å². The van der Waals surface area contributed by atoms with Gasteiger partial charge in [-0.1, -0.05) is 6.92 Å². The summed E-state index contributed by atoms with van der Waals surface area (Å²) in [6.45, 7) is 4.73. The van der Waals surface area contributed by atoms with E-state index in [0.29, 0.717) is 0 Å². The molecule has 15 heavy (non-hydrogen) atoms. The summed E-state index contributed by atoms with van der Waals surface area (Å²) in [5, 5.41) is 9.28. The van der Waals surface area contributed by atoms with Crippen LogP contribution in [0.2, 0.25) is 0 Å². The van der Waals surface area contributed by atoms with Crippen LogP contribution in [0.4, 0.5) is 0 Å². The van der Waals surface area contributed by atoms with Crippen LogP contribution < -0.4 is 0 Å². The zero-order valence-electron chi connectivity index (χ0n) is 9.36. The van der Waals surface area contributed by atoms with Gasteiger partial charge < -0.3 is 14.6 Å². The first-order chi connectivity index (χ1) is 6.95. The van der Waals surface area contributed by atoms with Gasteiger partial charge in [-0.15, -0.1) is 0 Å². The lowest BCUT2D eigenvalue weighted by Gasteiger charge is -2.13. The molecule has 0 aliphatic rings. The van der Waals surface area contributed by atoms with Crippen molar-refractivity contribution in [2.24, 2.45) is 0 Å². The van der Waals surface area contributed by atoms with Gasteiger partial charge in [-0.05, 0) is 13.3 Å². The fourth-order valence-corrected chi connectivity index (χ4v) is 0.821. The van der Waals surface area contributed by atoms with Crippen LogP contribution in [0.15, 0.2) is 0 Å². The molecule has 0 bridgehead atoms. The molecule has 0 aliphatic heterocycles. The lowest BCUT2D eigenvalue weighted by molar-refractivity contribution is -0.154. The van der Waals surface area contributed by atoms with E-state index in [2.05, 4.69) is 4.74 Å². The highest BCUT2D eigenvalue weighted by Gasteiger charge is 2.15. The van der Waals surface area contributed by atoms with Crippen LogP contribution in [-0.2, 0) is 19.1 Å². The molecule has 2 atom stereocenters. The van der Waals surface area contributed by atoms with Crippen molar-refractivity contribution in [3.8, 4) is 0 Å². The van der Waals surface area contributed by atoms with Gasteiger partial charge in [-0.2, -0.15) is 0 Å². The summed E-state index contributed by atoms with van der Waals surface area (Å²) in [6.07, 6.45) is -0.576. The third-order valence-corrected chi connectivity index (χ3v) is 1.79. The van der Waals surface area contributed by atoms with E-state index in [-0.39, 0.29) is 19.1 Å². The summed E-state index contributed by atoms with van der Waals surface area (Å²) in [4.78, 5) is 21.6. The Kier molecular flexibility index (Phi) is 6.70. The molecule has 0 radical (unpaired) electrons. The molecule has 88 valence electrons. The molecule has 0 aromatic heterocycles. The van der Waals surface area contributed by atoms with Crippen LogP contribution in [0.25, 0.3) is 0 Å². The SMILES string of the molecule is CCC(C)OC(=O)CC(O)COC(C)=O. The van der Waals surface area contributed by atoms with Gasteiger partial charge in [0.15, 0.2) is 0 Å². The highest BCUT2D eigenvalue weighted by molar-refractivity contribution is 5.70. The van der Waals surface area contributed by atoms with E-state index < -0.39 is 18.0 Å². The first kappa shape index (κ1) is 13.9. The quantitative estimate of drug-likeness (QED) is 0.662. The summed E-state index contributed by atoms with van der Waals surface area (Å²) < 4.78 is 9.48. The van der Waals surface area contributed by atoms with Gasteiger partial charge in [0.1, 0.15) is 6.61 Å². The molecule has 5 nitrogen and oxygen atoms in total. The molecule has 0 rings (SSSR count). The predicted molar refractivity (Wildman–Crippen MR) is 53.1 cm³/mol. The van der Waals surface area contributed by atoms with E-state index >= 15 is 0 Å². The van der Waals surface area contributed by atoms with Crippen LogP contribution in [0, 0.1) is 0 Å². The maximum Gasteiger partial charge on any atom is 0.308 e. The molecule has 0 saturated carbocycles. The summed E-state index contributed by atoms with van der Waals surface area (Å²) in [6, 6.07) is 0. The first-order valence-electron chi connectivity index (χ1n) is 4.96. The number of aliphatic hydroxyl groups is 1. The summed E-state index contributed by atoms with van der Waals surface area (Å²) in [5.74, 6) is -0.964. The average molecular weight is 218 g/mol. The van der Waals surface area contributed by atoms with Crippen LogP contribution in [-0.4, -0.2) is 35.9 Å². The Balaban J connectivity index is 3.71. The lowest BCUT2D eigenvalue weighted by Crippen LogP contribution is -2.24. The van der Waals surface area contributed by atoms with Crippen molar-refractivity contribution in [3.63, 3.8) is 0 Å². The molecule has 0 aliphatic carbocycles. The van der Waals surface area contributed by atoms with Gasteiger partial charge in [-0.3, -0.25) is 9.59 Å². The van der Waals surface area contributed by atoms with E-state index in [1.165, 1.54) is 6.92 Å². The van der Waals surface area contributed by atoms with E-state index in [1.807, 2.05) is 6.92 Å². The van der Waals surface area contributed by atoms with Crippen molar-refractivity contribution in [1.29, 1.82) is 0 Å². The van der Waals surface area contributed by atoms with Crippen molar-refractivity contribution in [3.05, 3.63) is 0 Å². The van der Waals surface area contributed by atoms with E-state index in [1.54, 1.807) is 6.92 Å². The number of hydrogen-bond acceptors (Lipinski definition) is 5. The minimum atomic E-state index is -0.995. The fraction of sp³-hybridized carbons (Fsp3) is 0.800. The zero-order chi connectivity index (χ0) is 11.8.